The number of Topliss-reactive ketones (excluding diaryl/α,β-unsaturated/α-hetero) is 1. The monoisotopic (exact) mass is 259 g/mol. The minimum Gasteiger partial charge on any atom is -0.297 e. The van der Waals surface area contributed by atoms with Crippen LogP contribution in [0.3, 0.4) is 0 Å². The fraction of sp³-hybridized carbons (Fsp3) is 0.417. The summed E-state index contributed by atoms with van der Waals surface area (Å²) in [5.74, 6) is 0.0241. The SMILES string of the molecule is CN(C)C(C)(C)C(=O)c1ccc(Cl)c(Cl)c1. The summed E-state index contributed by atoms with van der Waals surface area (Å²) < 4.78 is 0. The molecule has 0 atom stereocenters. The van der Waals surface area contributed by atoms with E-state index in [-0.39, 0.29) is 5.78 Å². The molecule has 0 aliphatic rings. The van der Waals surface area contributed by atoms with E-state index < -0.39 is 5.54 Å². The van der Waals surface area contributed by atoms with Crippen LogP contribution >= 0.6 is 23.2 Å². The number of nitrogens with zero attached hydrogens (tertiary/aromatic N) is 1. The van der Waals surface area contributed by atoms with Gasteiger partial charge in [0.15, 0.2) is 5.78 Å². The van der Waals surface area contributed by atoms with Gasteiger partial charge in [-0.2, -0.15) is 0 Å². The van der Waals surface area contributed by atoms with Crippen molar-refractivity contribution in [2.24, 2.45) is 0 Å². The molecule has 0 heterocycles. The first kappa shape index (κ1) is 13.5. The van der Waals surface area contributed by atoms with Gasteiger partial charge in [-0.05, 0) is 46.1 Å². The molecule has 1 aromatic rings. The van der Waals surface area contributed by atoms with Gasteiger partial charge in [-0.15, -0.1) is 0 Å². The molecule has 0 radical (unpaired) electrons. The van der Waals surface area contributed by atoms with Gasteiger partial charge in [0.1, 0.15) is 0 Å². The van der Waals surface area contributed by atoms with Crippen LogP contribution in [0.15, 0.2) is 18.2 Å². The summed E-state index contributed by atoms with van der Waals surface area (Å²) in [6.45, 7) is 3.75. The largest absolute Gasteiger partial charge is 0.297 e. The predicted molar refractivity (Wildman–Crippen MR) is 68.6 cm³/mol. The van der Waals surface area contributed by atoms with E-state index >= 15 is 0 Å². The number of carbonyl (C=O) groups excluding carboxylic acids is 1. The van der Waals surface area contributed by atoms with Gasteiger partial charge in [0, 0.05) is 5.56 Å². The minimum absolute atomic E-state index is 0.0241. The Kier molecular flexibility index (Phi) is 4.00. The van der Waals surface area contributed by atoms with Crippen LogP contribution in [0.5, 0.6) is 0 Å². The van der Waals surface area contributed by atoms with Crippen molar-refractivity contribution >= 4 is 29.0 Å². The first-order valence-corrected chi connectivity index (χ1v) is 5.69. The molecule has 0 aliphatic carbocycles. The van der Waals surface area contributed by atoms with E-state index in [0.29, 0.717) is 15.6 Å². The fourth-order valence-corrected chi connectivity index (χ4v) is 1.49. The lowest BCUT2D eigenvalue weighted by atomic mass is 9.92. The number of hydrogen-bond donors (Lipinski definition) is 0. The van der Waals surface area contributed by atoms with E-state index in [4.69, 9.17) is 23.2 Å². The number of benzene rings is 1. The van der Waals surface area contributed by atoms with Gasteiger partial charge in [-0.25, -0.2) is 0 Å². The second kappa shape index (κ2) is 4.74. The number of likely N-dealkylation sites (N-methyl/N-ethyl adjacent to an activating group) is 1. The van der Waals surface area contributed by atoms with Gasteiger partial charge >= 0.3 is 0 Å². The summed E-state index contributed by atoms with van der Waals surface area (Å²) >= 11 is 11.7. The summed E-state index contributed by atoms with van der Waals surface area (Å²) in [5.41, 5.74) is 0.0186. The van der Waals surface area contributed by atoms with Crippen LogP contribution in [0, 0.1) is 0 Å². The quantitative estimate of drug-likeness (QED) is 0.775. The summed E-state index contributed by atoms with van der Waals surface area (Å²) in [6.07, 6.45) is 0. The molecule has 0 saturated heterocycles. The molecule has 2 nitrogen and oxygen atoms in total. The zero-order valence-electron chi connectivity index (χ0n) is 9.84. The molecule has 0 spiro atoms. The van der Waals surface area contributed by atoms with Crippen molar-refractivity contribution in [2.45, 2.75) is 19.4 Å². The minimum atomic E-state index is -0.558. The standard InChI is InChI=1S/C12H15Cl2NO/c1-12(2,15(3)4)11(16)8-5-6-9(13)10(14)7-8/h5-7H,1-4H3. The van der Waals surface area contributed by atoms with Crippen molar-refractivity contribution < 1.29 is 4.79 Å². The Morgan fingerprint density at radius 3 is 2.19 bits per heavy atom. The first-order chi connectivity index (χ1) is 7.26. The summed E-state index contributed by atoms with van der Waals surface area (Å²) in [4.78, 5) is 14.1. The smallest absolute Gasteiger partial charge is 0.182 e. The van der Waals surface area contributed by atoms with Crippen LogP contribution in [-0.2, 0) is 0 Å². The molecular weight excluding hydrogens is 245 g/mol. The summed E-state index contributed by atoms with van der Waals surface area (Å²) in [7, 11) is 3.74. The van der Waals surface area contributed by atoms with Crippen LogP contribution in [0.25, 0.3) is 0 Å². The number of rotatable bonds is 3. The topological polar surface area (TPSA) is 20.3 Å². The van der Waals surface area contributed by atoms with E-state index in [1.807, 2.05) is 32.8 Å². The Bertz CT molecular complexity index is 413. The number of carbonyl (C=O) groups is 1. The normalized spacial score (nSPS) is 11.9. The number of ketones is 1. The lowest BCUT2D eigenvalue weighted by Crippen LogP contribution is -2.45. The van der Waals surface area contributed by atoms with E-state index in [0.717, 1.165) is 0 Å². The van der Waals surface area contributed by atoms with Gasteiger partial charge in [-0.3, -0.25) is 9.69 Å². The molecule has 0 amide bonds. The maximum atomic E-state index is 12.2. The second-order valence-corrected chi connectivity index (χ2v) is 5.23. The molecule has 0 aliphatic heterocycles. The Balaban J connectivity index is 3.11. The lowest BCUT2D eigenvalue weighted by Gasteiger charge is -2.30. The van der Waals surface area contributed by atoms with Crippen LogP contribution in [0.1, 0.15) is 24.2 Å². The van der Waals surface area contributed by atoms with Crippen molar-refractivity contribution in [3.05, 3.63) is 33.8 Å². The zero-order valence-corrected chi connectivity index (χ0v) is 11.4. The molecule has 0 aromatic heterocycles. The van der Waals surface area contributed by atoms with Gasteiger partial charge in [0.2, 0.25) is 0 Å². The average Bonchev–Trinajstić information content (AvgIpc) is 2.20. The Labute approximate surface area is 106 Å². The van der Waals surface area contributed by atoms with Crippen molar-refractivity contribution in [3.63, 3.8) is 0 Å². The Hall–Kier alpha value is -0.570. The van der Waals surface area contributed by atoms with Crippen molar-refractivity contribution in [2.75, 3.05) is 14.1 Å². The third-order valence-corrected chi connectivity index (χ3v) is 3.59. The van der Waals surface area contributed by atoms with E-state index in [1.165, 1.54) is 0 Å². The third-order valence-electron chi connectivity index (χ3n) is 2.86. The zero-order chi connectivity index (χ0) is 12.5. The van der Waals surface area contributed by atoms with Gasteiger partial charge in [-0.1, -0.05) is 23.2 Å². The van der Waals surface area contributed by atoms with Gasteiger partial charge in [0.05, 0.1) is 15.6 Å². The van der Waals surface area contributed by atoms with E-state index in [2.05, 4.69) is 0 Å². The van der Waals surface area contributed by atoms with Crippen LogP contribution in [0.2, 0.25) is 10.0 Å². The highest BCUT2D eigenvalue weighted by atomic mass is 35.5. The third kappa shape index (κ3) is 2.57. The number of hydrogen-bond acceptors (Lipinski definition) is 2. The van der Waals surface area contributed by atoms with E-state index in [9.17, 15) is 4.79 Å². The van der Waals surface area contributed by atoms with Gasteiger partial charge in [0.25, 0.3) is 0 Å². The molecule has 1 rings (SSSR count). The summed E-state index contributed by atoms with van der Waals surface area (Å²) in [6, 6.07) is 4.95. The molecule has 0 N–H and O–H groups in total. The molecular formula is C12H15Cl2NO. The molecule has 1 aromatic carbocycles. The Morgan fingerprint density at radius 1 is 1.19 bits per heavy atom. The van der Waals surface area contributed by atoms with E-state index in [1.54, 1.807) is 18.2 Å². The van der Waals surface area contributed by atoms with Crippen molar-refractivity contribution in [1.82, 2.24) is 4.90 Å². The second-order valence-electron chi connectivity index (χ2n) is 4.41. The highest BCUT2D eigenvalue weighted by molar-refractivity contribution is 6.42. The average molecular weight is 260 g/mol. The molecule has 88 valence electrons. The lowest BCUT2D eigenvalue weighted by molar-refractivity contribution is 0.0755. The van der Waals surface area contributed by atoms with Crippen LogP contribution in [-0.4, -0.2) is 30.3 Å². The highest BCUT2D eigenvalue weighted by Gasteiger charge is 2.30. The number of halogens is 2. The fourth-order valence-electron chi connectivity index (χ4n) is 1.19. The molecule has 0 unspecified atom stereocenters. The molecule has 4 heteroatoms. The molecule has 0 fully saturated rings. The molecule has 0 saturated carbocycles. The highest BCUT2D eigenvalue weighted by Crippen LogP contribution is 2.25. The van der Waals surface area contributed by atoms with Crippen LogP contribution in [0.4, 0.5) is 0 Å². The molecule has 16 heavy (non-hydrogen) atoms. The summed E-state index contributed by atoms with van der Waals surface area (Å²) in [5, 5.41) is 0.864. The maximum Gasteiger partial charge on any atom is 0.182 e. The first-order valence-electron chi connectivity index (χ1n) is 4.94. The Morgan fingerprint density at radius 2 is 1.75 bits per heavy atom. The maximum absolute atomic E-state index is 12.2. The van der Waals surface area contributed by atoms with Crippen LogP contribution < -0.4 is 0 Å². The predicted octanol–water partition coefficient (Wildman–Crippen LogP) is 3.52. The van der Waals surface area contributed by atoms with Crippen molar-refractivity contribution in [1.29, 1.82) is 0 Å². The van der Waals surface area contributed by atoms with Gasteiger partial charge < -0.3 is 0 Å². The van der Waals surface area contributed by atoms with Crippen molar-refractivity contribution in [3.8, 4) is 0 Å². The molecule has 0 bridgehead atoms.